The van der Waals surface area contributed by atoms with Crippen LogP contribution in [0, 0.1) is 25.7 Å². The Labute approximate surface area is 172 Å². The summed E-state index contributed by atoms with van der Waals surface area (Å²) < 4.78 is 0. The zero-order valence-electron chi connectivity index (χ0n) is 17.5. The summed E-state index contributed by atoms with van der Waals surface area (Å²) in [6, 6.07) is 5.78. The van der Waals surface area contributed by atoms with Gasteiger partial charge in [0.1, 0.15) is 0 Å². The quantitative estimate of drug-likeness (QED) is 0.669. The van der Waals surface area contributed by atoms with Gasteiger partial charge in [-0.25, -0.2) is 0 Å². The standard InChI is InChI=1S/C22H31N5O2/c1-14-19(15(2)27-26-14)12-21(29)24-13-17-7-9-18(10-8-17)22(25-16(3)28)20-6-4-5-11-23-20/h4-6,11,17-18,22H,7-10,12-13H2,1-3H3,(H,24,29)(H,25,28)(H,26,27)/t17?,18?,22-/m1/s1. The van der Waals surface area contributed by atoms with Crippen LogP contribution in [0.2, 0.25) is 0 Å². The predicted octanol–water partition coefficient (Wildman–Crippen LogP) is 2.76. The molecular formula is C22H31N5O2. The van der Waals surface area contributed by atoms with Crippen molar-refractivity contribution in [1.82, 2.24) is 25.8 Å². The van der Waals surface area contributed by atoms with E-state index >= 15 is 0 Å². The topological polar surface area (TPSA) is 99.8 Å². The molecule has 0 aromatic carbocycles. The summed E-state index contributed by atoms with van der Waals surface area (Å²) in [7, 11) is 0. The minimum absolute atomic E-state index is 0.0279. The lowest BCUT2D eigenvalue weighted by molar-refractivity contribution is -0.121. The number of rotatable bonds is 7. The third kappa shape index (κ3) is 5.65. The molecule has 2 amide bonds. The second-order valence-electron chi connectivity index (χ2n) is 8.11. The van der Waals surface area contributed by atoms with Crippen molar-refractivity contribution in [1.29, 1.82) is 0 Å². The van der Waals surface area contributed by atoms with Crippen molar-refractivity contribution in [3.63, 3.8) is 0 Å². The van der Waals surface area contributed by atoms with E-state index in [1.807, 2.05) is 32.0 Å². The van der Waals surface area contributed by atoms with E-state index < -0.39 is 0 Å². The Balaban J connectivity index is 1.49. The highest BCUT2D eigenvalue weighted by Gasteiger charge is 2.30. The number of pyridine rings is 1. The van der Waals surface area contributed by atoms with Gasteiger partial charge >= 0.3 is 0 Å². The lowest BCUT2D eigenvalue weighted by Gasteiger charge is -2.34. The van der Waals surface area contributed by atoms with Crippen molar-refractivity contribution >= 4 is 11.8 Å². The molecule has 1 saturated carbocycles. The average Bonchev–Trinajstić information content (AvgIpc) is 3.03. The van der Waals surface area contributed by atoms with Crippen molar-refractivity contribution in [2.24, 2.45) is 11.8 Å². The molecule has 2 aromatic rings. The Morgan fingerprint density at radius 3 is 2.55 bits per heavy atom. The fourth-order valence-electron chi connectivity index (χ4n) is 4.25. The highest BCUT2D eigenvalue weighted by molar-refractivity contribution is 5.79. The molecule has 1 fully saturated rings. The normalized spacial score (nSPS) is 20.1. The van der Waals surface area contributed by atoms with Crippen LogP contribution in [0.15, 0.2) is 24.4 Å². The number of aromatic nitrogens is 3. The maximum Gasteiger partial charge on any atom is 0.224 e. The third-order valence-corrected chi connectivity index (χ3v) is 5.93. The molecule has 3 N–H and O–H groups in total. The summed E-state index contributed by atoms with van der Waals surface area (Å²) in [6.07, 6.45) is 6.25. The van der Waals surface area contributed by atoms with E-state index in [1.54, 1.807) is 13.1 Å². The predicted molar refractivity (Wildman–Crippen MR) is 111 cm³/mol. The number of nitrogens with zero attached hydrogens (tertiary/aromatic N) is 2. The number of hydrogen-bond donors (Lipinski definition) is 3. The minimum Gasteiger partial charge on any atom is -0.356 e. The van der Waals surface area contributed by atoms with Crippen molar-refractivity contribution < 1.29 is 9.59 Å². The highest BCUT2D eigenvalue weighted by Crippen LogP contribution is 2.36. The first-order chi connectivity index (χ1) is 13.9. The Kier molecular flexibility index (Phi) is 7.01. The zero-order chi connectivity index (χ0) is 20.8. The first-order valence-corrected chi connectivity index (χ1v) is 10.4. The van der Waals surface area contributed by atoms with Crippen LogP contribution < -0.4 is 10.6 Å². The fraction of sp³-hybridized carbons (Fsp3) is 0.545. The maximum atomic E-state index is 12.3. The molecule has 1 aliphatic carbocycles. The summed E-state index contributed by atoms with van der Waals surface area (Å²) in [6.45, 7) is 6.12. The van der Waals surface area contributed by atoms with Crippen LogP contribution in [0.3, 0.4) is 0 Å². The van der Waals surface area contributed by atoms with Gasteiger partial charge in [0.15, 0.2) is 0 Å². The molecule has 0 bridgehead atoms. The molecule has 7 heteroatoms. The van der Waals surface area contributed by atoms with Crippen LogP contribution in [-0.2, 0) is 16.0 Å². The van der Waals surface area contributed by atoms with Gasteiger partial charge in [-0.05, 0) is 63.5 Å². The number of aryl methyl sites for hydroxylation is 2. The second-order valence-corrected chi connectivity index (χ2v) is 8.11. The van der Waals surface area contributed by atoms with Gasteiger partial charge in [-0.1, -0.05) is 6.07 Å². The second kappa shape index (κ2) is 9.67. The Morgan fingerprint density at radius 1 is 1.21 bits per heavy atom. The van der Waals surface area contributed by atoms with E-state index in [4.69, 9.17) is 0 Å². The van der Waals surface area contributed by atoms with E-state index in [1.165, 1.54) is 0 Å². The number of hydrogen-bond acceptors (Lipinski definition) is 4. The zero-order valence-corrected chi connectivity index (χ0v) is 17.5. The number of nitrogens with one attached hydrogen (secondary N) is 3. The van der Waals surface area contributed by atoms with Crippen LogP contribution in [0.4, 0.5) is 0 Å². The number of amides is 2. The molecule has 29 heavy (non-hydrogen) atoms. The molecule has 1 atom stereocenters. The SMILES string of the molecule is CC(=O)N[C@@H](c1ccccn1)C1CCC(CNC(=O)Cc2c(C)n[nH]c2C)CC1. The van der Waals surface area contributed by atoms with Crippen molar-refractivity contribution in [3.05, 3.63) is 47.0 Å². The third-order valence-electron chi connectivity index (χ3n) is 5.93. The van der Waals surface area contributed by atoms with E-state index in [2.05, 4.69) is 25.8 Å². The maximum absolute atomic E-state index is 12.3. The molecule has 7 nitrogen and oxygen atoms in total. The molecule has 0 aliphatic heterocycles. The van der Waals surface area contributed by atoms with Crippen LogP contribution >= 0.6 is 0 Å². The molecule has 3 rings (SSSR count). The monoisotopic (exact) mass is 397 g/mol. The molecule has 0 saturated heterocycles. The van der Waals surface area contributed by atoms with Gasteiger partial charge in [0.2, 0.25) is 11.8 Å². The van der Waals surface area contributed by atoms with Gasteiger partial charge in [0, 0.05) is 30.9 Å². The van der Waals surface area contributed by atoms with Crippen LogP contribution in [0.25, 0.3) is 0 Å². The first kappa shape index (κ1) is 21.0. The number of H-pyrrole nitrogens is 1. The van der Waals surface area contributed by atoms with Crippen molar-refractivity contribution in [2.45, 2.75) is 58.9 Å². The molecule has 0 radical (unpaired) electrons. The van der Waals surface area contributed by atoms with Crippen LogP contribution in [0.1, 0.15) is 61.3 Å². The summed E-state index contributed by atoms with van der Waals surface area (Å²) >= 11 is 0. The largest absolute Gasteiger partial charge is 0.356 e. The van der Waals surface area contributed by atoms with Gasteiger partial charge in [0.25, 0.3) is 0 Å². The average molecular weight is 398 g/mol. The lowest BCUT2D eigenvalue weighted by Crippen LogP contribution is -2.37. The fourth-order valence-corrected chi connectivity index (χ4v) is 4.25. The molecule has 156 valence electrons. The molecule has 2 aromatic heterocycles. The smallest absolute Gasteiger partial charge is 0.224 e. The molecule has 0 spiro atoms. The Hall–Kier alpha value is -2.70. The van der Waals surface area contributed by atoms with E-state index in [0.717, 1.165) is 48.3 Å². The summed E-state index contributed by atoms with van der Waals surface area (Å²) in [5.41, 5.74) is 3.75. The van der Waals surface area contributed by atoms with Gasteiger partial charge < -0.3 is 10.6 Å². The Morgan fingerprint density at radius 2 is 1.97 bits per heavy atom. The number of carbonyl (C=O) groups is 2. The Bertz CT molecular complexity index is 805. The molecule has 2 heterocycles. The number of carbonyl (C=O) groups excluding carboxylic acids is 2. The van der Waals surface area contributed by atoms with Crippen LogP contribution in [0.5, 0.6) is 0 Å². The summed E-state index contributed by atoms with van der Waals surface area (Å²) in [4.78, 5) is 28.5. The molecule has 0 unspecified atom stereocenters. The lowest BCUT2D eigenvalue weighted by atomic mass is 9.77. The van der Waals surface area contributed by atoms with E-state index in [-0.39, 0.29) is 17.9 Å². The molecule has 1 aliphatic rings. The highest BCUT2D eigenvalue weighted by atomic mass is 16.2. The molecular weight excluding hydrogens is 366 g/mol. The van der Waals surface area contributed by atoms with Crippen molar-refractivity contribution in [3.8, 4) is 0 Å². The van der Waals surface area contributed by atoms with Crippen LogP contribution in [-0.4, -0.2) is 33.5 Å². The first-order valence-electron chi connectivity index (χ1n) is 10.4. The van der Waals surface area contributed by atoms with Crippen molar-refractivity contribution in [2.75, 3.05) is 6.54 Å². The minimum atomic E-state index is -0.0451. The van der Waals surface area contributed by atoms with Gasteiger partial charge in [-0.3, -0.25) is 19.7 Å². The van der Waals surface area contributed by atoms with Gasteiger partial charge in [-0.15, -0.1) is 0 Å². The summed E-state index contributed by atoms with van der Waals surface area (Å²) in [5, 5.41) is 13.3. The van der Waals surface area contributed by atoms with E-state index in [0.29, 0.717) is 24.8 Å². The van der Waals surface area contributed by atoms with E-state index in [9.17, 15) is 9.59 Å². The van der Waals surface area contributed by atoms with Gasteiger partial charge in [0.05, 0.1) is 23.9 Å². The van der Waals surface area contributed by atoms with Gasteiger partial charge in [-0.2, -0.15) is 5.10 Å². The summed E-state index contributed by atoms with van der Waals surface area (Å²) in [5.74, 6) is 0.865. The number of aromatic amines is 1.